The van der Waals surface area contributed by atoms with Crippen LogP contribution < -0.4 is 10.1 Å². The molecule has 0 bridgehead atoms. The molecule has 7 heteroatoms. The van der Waals surface area contributed by atoms with Crippen LogP contribution in [0.25, 0.3) is 21.8 Å². The van der Waals surface area contributed by atoms with Crippen LogP contribution in [-0.2, 0) is 4.79 Å². The van der Waals surface area contributed by atoms with E-state index in [9.17, 15) is 9.59 Å². The summed E-state index contributed by atoms with van der Waals surface area (Å²) in [6, 6.07) is 12.2. The van der Waals surface area contributed by atoms with Crippen molar-refractivity contribution < 1.29 is 19.4 Å². The molecule has 2 N–H and O–H groups in total. The number of carbonyl (C=O) groups is 2. The van der Waals surface area contributed by atoms with Crippen molar-refractivity contribution in [3.05, 3.63) is 53.4 Å². The Labute approximate surface area is 153 Å². The second kappa shape index (κ2) is 6.27. The Kier molecular flexibility index (Phi) is 3.93. The van der Waals surface area contributed by atoms with Crippen LogP contribution in [0, 0.1) is 0 Å². The Bertz CT molecular complexity index is 1030. The molecule has 0 aliphatic carbocycles. The van der Waals surface area contributed by atoms with E-state index in [-0.39, 0.29) is 11.5 Å². The van der Waals surface area contributed by atoms with Crippen LogP contribution in [0.5, 0.6) is 5.75 Å². The number of thiazole rings is 1. The van der Waals surface area contributed by atoms with E-state index < -0.39 is 12.1 Å². The Morgan fingerprint density at radius 2 is 2.08 bits per heavy atom. The van der Waals surface area contributed by atoms with Crippen LogP contribution in [0.3, 0.4) is 0 Å². The molecule has 26 heavy (non-hydrogen) atoms. The van der Waals surface area contributed by atoms with Crippen LogP contribution in [0.4, 0.5) is 5.69 Å². The standard InChI is InChI=1S/C19H14N2O4S/c1-10-17(22)20-14-8-11(5-6-16(14)25-10)15-9-26-18(21-15)12-3-2-4-13(7-12)19(23)24/h2-10H,1H3,(H,20,22)(H,23,24). The summed E-state index contributed by atoms with van der Waals surface area (Å²) in [4.78, 5) is 27.5. The topological polar surface area (TPSA) is 88.5 Å². The van der Waals surface area contributed by atoms with Gasteiger partial charge in [0.05, 0.1) is 16.9 Å². The number of fused-ring (bicyclic) bond motifs is 1. The van der Waals surface area contributed by atoms with Crippen LogP contribution in [0.15, 0.2) is 47.8 Å². The summed E-state index contributed by atoms with van der Waals surface area (Å²) in [6.45, 7) is 1.70. The van der Waals surface area contributed by atoms with Gasteiger partial charge in [-0.2, -0.15) is 0 Å². The van der Waals surface area contributed by atoms with Crippen molar-refractivity contribution in [3.8, 4) is 27.6 Å². The lowest BCUT2D eigenvalue weighted by Gasteiger charge is -2.23. The third kappa shape index (κ3) is 2.93. The van der Waals surface area contributed by atoms with Crippen molar-refractivity contribution in [2.24, 2.45) is 0 Å². The predicted molar refractivity (Wildman–Crippen MR) is 98.7 cm³/mol. The number of carboxylic acids is 1. The first kappa shape index (κ1) is 16.3. The third-order valence-electron chi connectivity index (χ3n) is 4.07. The number of amides is 1. The number of benzene rings is 2. The number of anilines is 1. The van der Waals surface area contributed by atoms with Gasteiger partial charge in [-0.15, -0.1) is 11.3 Å². The summed E-state index contributed by atoms with van der Waals surface area (Å²) in [5.41, 5.74) is 3.19. The maximum absolute atomic E-state index is 11.8. The van der Waals surface area contributed by atoms with E-state index in [1.54, 1.807) is 25.1 Å². The van der Waals surface area contributed by atoms with Gasteiger partial charge < -0.3 is 15.2 Å². The maximum atomic E-state index is 11.8. The monoisotopic (exact) mass is 366 g/mol. The van der Waals surface area contributed by atoms with Gasteiger partial charge in [0.1, 0.15) is 10.8 Å². The summed E-state index contributed by atoms with van der Waals surface area (Å²) in [5, 5.41) is 14.6. The van der Waals surface area contributed by atoms with Gasteiger partial charge in [0.2, 0.25) is 0 Å². The number of hydrogen-bond acceptors (Lipinski definition) is 5. The number of carboxylic acid groups (broad SMARTS) is 1. The molecule has 2 aromatic carbocycles. The van der Waals surface area contributed by atoms with Gasteiger partial charge in [-0.3, -0.25) is 4.79 Å². The average molecular weight is 366 g/mol. The molecule has 1 unspecified atom stereocenters. The minimum atomic E-state index is -0.969. The van der Waals surface area contributed by atoms with E-state index in [2.05, 4.69) is 10.3 Å². The number of hydrogen-bond donors (Lipinski definition) is 2. The minimum Gasteiger partial charge on any atom is -0.479 e. The zero-order valence-electron chi connectivity index (χ0n) is 13.7. The maximum Gasteiger partial charge on any atom is 0.335 e. The molecular weight excluding hydrogens is 352 g/mol. The van der Waals surface area contributed by atoms with Crippen LogP contribution in [-0.4, -0.2) is 28.1 Å². The molecule has 1 amide bonds. The fourth-order valence-corrected chi connectivity index (χ4v) is 3.52. The highest BCUT2D eigenvalue weighted by Crippen LogP contribution is 2.35. The van der Waals surface area contributed by atoms with E-state index in [1.165, 1.54) is 11.3 Å². The van der Waals surface area contributed by atoms with Crippen molar-refractivity contribution in [2.45, 2.75) is 13.0 Å². The molecule has 0 saturated heterocycles. The summed E-state index contributed by atoms with van der Waals surface area (Å²) in [6.07, 6.45) is -0.513. The number of ether oxygens (including phenoxy) is 1. The first-order chi connectivity index (χ1) is 12.5. The number of aromatic carboxylic acids is 1. The molecule has 0 fully saturated rings. The van der Waals surface area contributed by atoms with Gasteiger partial charge >= 0.3 is 5.97 Å². The Morgan fingerprint density at radius 1 is 1.23 bits per heavy atom. The molecule has 4 rings (SSSR count). The fraction of sp³-hybridized carbons (Fsp3) is 0.105. The number of nitrogens with zero attached hydrogens (tertiary/aromatic N) is 1. The molecule has 0 saturated carbocycles. The summed E-state index contributed by atoms with van der Waals surface area (Å²) >= 11 is 1.43. The third-order valence-corrected chi connectivity index (χ3v) is 4.96. The molecule has 1 aromatic heterocycles. The van der Waals surface area contributed by atoms with E-state index in [0.717, 1.165) is 21.8 Å². The molecule has 1 aliphatic heterocycles. The van der Waals surface area contributed by atoms with Gasteiger partial charge in [0, 0.05) is 16.5 Å². The highest BCUT2D eigenvalue weighted by Gasteiger charge is 2.24. The van der Waals surface area contributed by atoms with E-state index in [0.29, 0.717) is 11.4 Å². The SMILES string of the molecule is CC1Oc2ccc(-c3csc(-c4cccc(C(=O)O)c4)n3)cc2NC1=O. The van der Waals surface area contributed by atoms with E-state index >= 15 is 0 Å². The summed E-state index contributed by atoms with van der Waals surface area (Å²) in [7, 11) is 0. The highest BCUT2D eigenvalue weighted by atomic mass is 32.1. The lowest BCUT2D eigenvalue weighted by atomic mass is 10.1. The van der Waals surface area contributed by atoms with Crippen LogP contribution in [0.2, 0.25) is 0 Å². The van der Waals surface area contributed by atoms with Gasteiger partial charge in [0.25, 0.3) is 5.91 Å². The highest BCUT2D eigenvalue weighted by molar-refractivity contribution is 7.13. The largest absolute Gasteiger partial charge is 0.479 e. The normalized spacial score (nSPS) is 15.7. The fourth-order valence-electron chi connectivity index (χ4n) is 2.69. The molecule has 130 valence electrons. The molecule has 6 nitrogen and oxygen atoms in total. The molecule has 0 spiro atoms. The molecule has 1 atom stereocenters. The van der Waals surface area contributed by atoms with Crippen molar-refractivity contribution in [1.82, 2.24) is 4.98 Å². The van der Waals surface area contributed by atoms with E-state index in [4.69, 9.17) is 9.84 Å². The smallest absolute Gasteiger partial charge is 0.335 e. The Morgan fingerprint density at radius 3 is 2.88 bits per heavy atom. The van der Waals surface area contributed by atoms with Gasteiger partial charge in [0.15, 0.2) is 6.10 Å². The average Bonchev–Trinajstić information content (AvgIpc) is 3.12. The number of aromatic nitrogens is 1. The predicted octanol–water partition coefficient (Wildman–Crippen LogP) is 3.89. The first-order valence-electron chi connectivity index (χ1n) is 7.92. The molecule has 0 radical (unpaired) electrons. The minimum absolute atomic E-state index is 0.181. The lowest BCUT2D eigenvalue weighted by molar-refractivity contribution is -0.122. The first-order valence-corrected chi connectivity index (χ1v) is 8.80. The molecule has 2 heterocycles. The molecule has 1 aliphatic rings. The lowest BCUT2D eigenvalue weighted by Crippen LogP contribution is -2.34. The zero-order valence-corrected chi connectivity index (χ0v) is 14.5. The zero-order chi connectivity index (χ0) is 18.3. The van der Waals surface area contributed by atoms with E-state index in [1.807, 2.05) is 29.6 Å². The Hall–Kier alpha value is -3.19. The van der Waals surface area contributed by atoms with Crippen molar-refractivity contribution in [3.63, 3.8) is 0 Å². The van der Waals surface area contributed by atoms with Gasteiger partial charge in [-0.25, -0.2) is 9.78 Å². The van der Waals surface area contributed by atoms with Crippen LogP contribution >= 0.6 is 11.3 Å². The Balaban J connectivity index is 1.67. The van der Waals surface area contributed by atoms with Gasteiger partial charge in [-0.05, 0) is 37.3 Å². The van der Waals surface area contributed by atoms with Crippen molar-refractivity contribution >= 4 is 28.9 Å². The quantitative estimate of drug-likeness (QED) is 0.734. The number of nitrogens with one attached hydrogen (secondary N) is 1. The second-order valence-corrected chi connectivity index (χ2v) is 6.74. The summed E-state index contributed by atoms with van der Waals surface area (Å²) < 4.78 is 5.56. The van der Waals surface area contributed by atoms with Gasteiger partial charge in [-0.1, -0.05) is 12.1 Å². The molecule has 3 aromatic rings. The summed E-state index contributed by atoms with van der Waals surface area (Å²) in [5.74, 6) is -0.521. The van der Waals surface area contributed by atoms with Crippen molar-refractivity contribution in [2.75, 3.05) is 5.32 Å². The number of carbonyl (C=O) groups excluding carboxylic acids is 1. The second-order valence-electron chi connectivity index (χ2n) is 5.88. The molecular formula is C19H14N2O4S. The van der Waals surface area contributed by atoms with Crippen LogP contribution in [0.1, 0.15) is 17.3 Å². The van der Waals surface area contributed by atoms with Crippen molar-refractivity contribution in [1.29, 1.82) is 0 Å². The number of rotatable bonds is 3.